The lowest BCUT2D eigenvalue weighted by atomic mass is 10.2. The second kappa shape index (κ2) is 7.48. The Hall–Kier alpha value is -2.93. The van der Waals surface area contributed by atoms with E-state index < -0.39 is 0 Å². The van der Waals surface area contributed by atoms with Crippen molar-refractivity contribution in [1.29, 1.82) is 0 Å². The SMILES string of the molecule is CC(Sc1nnc(C2CC2)n1Cc1ccccc1)c1nc2ccccc2c(=O)[nH]1. The summed E-state index contributed by atoms with van der Waals surface area (Å²) < 4.78 is 2.22. The van der Waals surface area contributed by atoms with Crippen LogP contribution in [0.25, 0.3) is 10.9 Å². The standard InChI is InChI=1S/C22H21N5OS/c1-14(19-23-18-10-6-5-9-17(18)21(28)24-19)29-22-26-25-20(16-11-12-16)27(22)13-15-7-3-2-4-8-15/h2-10,14,16H,11-13H2,1H3,(H,23,24,28). The number of nitrogens with one attached hydrogen (secondary N) is 1. The van der Waals surface area contributed by atoms with E-state index in [1.165, 1.54) is 18.4 Å². The summed E-state index contributed by atoms with van der Waals surface area (Å²) in [5.41, 5.74) is 1.83. The van der Waals surface area contributed by atoms with Gasteiger partial charge in [0.1, 0.15) is 11.6 Å². The van der Waals surface area contributed by atoms with E-state index >= 15 is 0 Å². The second-order valence-electron chi connectivity index (χ2n) is 7.42. The molecule has 1 saturated carbocycles. The number of para-hydroxylation sites is 1. The van der Waals surface area contributed by atoms with Crippen LogP contribution in [-0.4, -0.2) is 24.7 Å². The van der Waals surface area contributed by atoms with Crippen LogP contribution in [0.3, 0.4) is 0 Å². The molecule has 0 saturated heterocycles. The van der Waals surface area contributed by atoms with Crippen LogP contribution in [0.4, 0.5) is 0 Å². The van der Waals surface area contributed by atoms with Crippen molar-refractivity contribution in [3.8, 4) is 0 Å². The molecule has 7 heteroatoms. The molecule has 1 atom stereocenters. The number of aromatic nitrogens is 5. The highest BCUT2D eigenvalue weighted by Crippen LogP contribution is 2.41. The Morgan fingerprint density at radius 2 is 1.86 bits per heavy atom. The summed E-state index contributed by atoms with van der Waals surface area (Å²) in [6.07, 6.45) is 2.35. The molecule has 0 amide bonds. The quantitative estimate of drug-likeness (QED) is 0.486. The molecular weight excluding hydrogens is 382 g/mol. The molecule has 0 spiro atoms. The van der Waals surface area contributed by atoms with E-state index in [1.54, 1.807) is 17.8 Å². The molecule has 146 valence electrons. The van der Waals surface area contributed by atoms with Crippen LogP contribution in [0, 0.1) is 0 Å². The third kappa shape index (κ3) is 3.70. The monoisotopic (exact) mass is 403 g/mol. The number of hydrogen-bond acceptors (Lipinski definition) is 5. The predicted octanol–water partition coefficient (Wildman–Crippen LogP) is 4.29. The number of rotatable bonds is 6. The lowest BCUT2D eigenvalue weighted by Gasteiger charge is -2.13. The van der Waals surface area contributed by atoms with E-state index in [2.05, 4.69) is 49.0 Å². The zero-order valence-corrected chi connectivity index (χ0v) is 16.9. The highest BCUT2D eigenvalue weighted by atomic mass is 32.2. The van der Waals surface area contributed by atoms with Gasteiger partial charge in [-0.3, -0.25) is 4.79 Å². The van der Waals surface area contributed by atoms with Gasteiger partial charge in [0.25, 0.3) is 5.56 Å². The molecule has 2 aromatic heterocycles. The molecule has 4 aromatic rings. The van der Waals surface area contributed by atoms with Gasteiger partial charge < -0.3 is 9.55 Å². The van der Waals surface area contributed by atoms with Crippen LogP contribution in [0.15, 0.2) is 64.5 Å². The summed E-state index contributed by atoms with van der Waals surface area (Å²) in [6, 6.07) is 17.8. The van der Waals surface area contributed by atoms with Crippen LogP contribution in [-0.2, 0) is 6.54 Å². The van der Waals surface area contributed by atoms with E-state index in [9.17, 15) is 4.79 Å². The zero-order chi connectivity index (χ0) is 19.8. The number of thioether (sulfide) groups is 1. The summed E-state index contributed by atoms with van der Waals surface area (Å²) in [5, 5.41) is 10.4. The highest BCUT2D eigenvalue weighted by molar-refractivity contribution is 7.99. The van der Waals surface area contributed by atoms with Gasteiger partial charge in [0.15, 0.2) is 5.16 Å². The van der Waals surface area contributed by atoms with Crippen molar-refractivity contribution in [3.05, 3.63) is 82.2 Å². The zero-order valence-electron chi connectivity index (χ0n) is 16.1. The molecular formula is C22H21N5OS. The molecule has 1 fully saturated rings. The van der Waals surface area contributed by atoms with Gasteiger partial charge in [-0.05, 0) is 37.5 Å². The van der Waals surface area contributed by atoms with E-state index in [0.29, 0.717) is 22.6 Å². The minimum Gasteiger partial charge on any atom is -0.309 e. The summed E-state index contributed by atoms with van der Waals surface area (Å²) in [5.74, 6) is 2.22. The maximum Gasteiger partial charge on any atom is 0.258 e. The van der Waals surface area contributed by atoms with E-state index in [4.69, 9.17) is 0 Å². The van der Waals surface area contributed by atoms with Gasteiger partial charge in [-0.1, -0.05) is 54.2 Å². The molecule has 1 N–H and O–H groups in total. The topological polar surface area (TPSA) is 76.5 Å². The summed E-state index contributed by atoms with van der Waals surface area (Å²) in [7, 11) is 0. The Labute approximate surface area is 172 Å². The van der Waals surface area contributed by atoms with Gasteiger partial charge in [-0.2, -0.15) is 0 Å². The number of fused-ring (bicyclic) bond motifs is 1. The average molecular weight is 404 g/mol. The van der Waals surface area contributed by atoms with Gasteiger partial charge in [-0.25, -0.2) is 4.98 Å². The third-order valence-corrected chi connectivity index (χ3v) is 6.26. The highest BCUT2D eigenvalue weighted by Gasteiger charge is 2.31. The van der Waals surface area contributed by atoms with Gasteiger partial charge >= 0.3 is 0 Å². The Kier molecular flexibility index (Phi) is 4.67. The predicted molar refractivity (Wildman–Crippen MR) is 114 cm³/mol. The van der Waals surface area contributed by atoms with Crippen LogP contribution >= 0.6 is 11.8 Å². The summed E-state index contributed by atoms with van der Waals surface area (Å²) in [6.45, 7) is 2.78. The first-order valence-electron chi connectivity index (χ1n) is 9.81. The molecule has 5 rings (SSSR count). The minimum atomic E-state index is -0.109. The number of benzene rings is 2. The number of aromatic amines is 1. The molecule has 0 radical (unpaired) electrons. The molecule has 1 aliphatic rings. The smallest absolute Gasteiger partial charge is 0.258 e. The first-order valence-corrected chi connectivity index (χ1v) is 10.7. The summed E-state index contributed by atoms with van der Waals surface area (Å²) >= 11 is 1.58. The van der Waals surface area contributed by atoms with Gasteiger partial charge in [0.05, 0.1) is 22.7 Å². The normalized spacial score (nSPS) is 14.9. The maximum absolute atomic E-state index is 12.4. The lowest BCUT2D eigenvalue weighted by Crippen LogP contribution is -2.13. The fourth-order valence-corrected chi connectivity index (χ4v) is 4.37. The lowest BCUT2D eigenvalue weighted by molar-refractivity contribution is 0.666. The molecule has 1 unspecified atom stereocenters. The molecule has 2 heterocycles. The Morgan fingerprint density at radius 1 is 1.10 bits per heavy atom. The molecule has 2 aromatic carbocycles. The van der Waals surface area contributed by atoms with Crippen molar-refractivity contribution in [3.63, 3.8) is 0 Å². The van der Waals surface area contributed by atoms with Crippen LogP contribution in [0.5, 0.6) is 0 Å². The van der Waals surface area contributed by atoms with Crippen molar-refractivity contribution in [2.75, 3.05) is 0 Å². The van der Waals surface area contributed by atoms with Crippen molar-refractivity contribution in [2.45, 2.75) is 42.6 Å². The fourth-order valence-electron chi connectivity index (χ4n) is 3.46. The molecule has 1 aliphatic carbocycles. The Balaban J connectivity index is 1.46. The minimum absolute atomic E-state index is 0.0573. The third-order valence-electron chi connectivity index (χ3n) is 5.17. The van der Waals surface area contributed by atoms with Crippen LogP contribution in [0.1, 0.15) is 48.1 Å². The summed E-state index contributed by atoms with van der Waals surface area (Å²) in [4.78, 5) is 20.0. The molecule has 29 heavy (non-hydrogen) atoms. The Bertz CT molecular complexity index is 1210. The van der Waals surface area contributed by atoms with E-state index in [0.717, 1.165) is 17.5 Å². The average Bonchev–Trinajstić information content (AvgIpc) is 3.52. The Morgan fingerprint density at radius 3 is 2.66 bits per heavy atom. The first-order chi connectivity index (χ1) is 14.2. The van der Waals surface area contributed by atoms with Gasteiger partial charge in [0, 0.05) is 5.92 Å². The molecule has 6 nitrogen and oxygen atoms in total. The molecule has 0 aliphatic heterocycles. The fraction of sp³-hybridized carbons (Fsp3) is 0.273. The van der Waals surface area contributed by atoms with Crippen molar-refractivity contribution < 1.29 is 0 Å². The second-order valence-corrected chi connectivity index (χ2v) is 8.72. The van der Waals surface area contributed by atoms with Gasteiger partial charge in [-0.15, -0.1) is 10.2 Å². The number of hydrogen-bond donors (Lipinski definition) is 1. The maximum atomic E-state index is 12.4. The van der Waals surface area contributed by atoms with E-state index in [-0.39, 0.29) is 10.8 Å². The van der Waals surface area contributed by atoms with Crippen LogP contribution in [0.2, 0.25) is 0 Å². The molecule has 0 bridgehead atoms. The largest absolute Gasteiger partial charge is 0.309 e. The number of H-pyrrole nitrogens is 1. The van der Waals surface area contributed by atoms with E-state index in [1.807, 2.05) is 31.2 Å². The first kappa shape index (κ1) is 18.1. The van der Waals surface area contributed by atoms with Crippen molar-refractivity contribution in [2.24, 2.45) is 0 Å². The van der Waals surface area contributed by atoms with Crippen molar-refractivity contribution >= 4 is 22.7 Å². The van der Waals surface area contributed by atoms with Crippen molar-refractivity contribution in [1.82, 2.24) is 24.7 Å². The number of nitrogens with zero attached hydrogens (tertiary/aromatic N) is 4. The van der Waals surface area contributed by atoms with Gasteiger partial charge in [0.2, 0.25) is 0 Å². The van der Waals surface area contributed by atoms with Crippen LogP contribution < -0.4 is 5.56 Å².